The summed E-state index contributed by atoms with van der Waals surface area (Å²) >= 11 is 0. The SMILES string of the molecule is C/C=C(\C)C(=O)O[C@H](C)[C@]1(O)CC[C@]2(O)[C@@H]3CC[C@H]4C[C@@H](O)CC[C@]4(C)[C@H]3C[C@@H](OC(C)=O)[C@]12C. The summed E-state index contributed by atoms with van der Waals surface area (Å²) in [5, 5.41) is 35.1. The van der Waals surface area contributed by atoms with E-state index >= 15 is 0 Å². The van der Waals surface area contributed by atoms with Gasteiger partial charge in [-0.2, -0.15) is 0 Å². The Labute approximate surface area is 209 Å². The molecule has 0 unspecified atom stereocenters. The van der Waals surface area contributed by atoms with Crippen LogP contribution in [0.1, 0.15) is 92.9 Å². The molecule has 0 amide bonds. The van der Waals surface area contributed by atoms with E-state index in [9.17, 15) is 24.9 Å². The highest BCUT2D eigenvalue weighted by Crippen LogP contribution is 2.71. The van der Waals surface area contributed by atoms with Crippen LogP contribution in [-0.4, -0.2) is 56.8 Å². The molecular formula is C28H44O7. The van der Waals surface area contributed by atoms with Gasteiger partial charge in [-0.3, -0.25) is 4.79 Å². The Bertz CT molecular complexity index is 900. The Morgan fingerprint density at radius 1 is 1.00 bits per heavy atom. The molecule has 0 saturated heterocycles. The van der Waals surface area contributed by atoms with Crippen LogP contribution in [0.4, 0.5) is 0 Å². The third-order valence-corrected chi connectivity index (χ3v) is 11.1. The van der Waals surface area contributed by atoms with Gasteiger partial charge in [-0.1, -0.05) is 19.9 Å². The summed E-state index contributed by atoms with van der Waals surface area (Å²) in [6.07, 6.45) is 5.05. The molecule has 0 radical (unpaired) electrons. The number of aliphatic hydroxyl groups excluding tert-OH is 1. The average molecular weight is 493 g/mol. The summed E-state index contributed by atoms with van der Waals surface area (Å²) in [5.74, 6) is -0.537. The van der Waals surface area contributed by atoms with Gasteiger partial charge in [-0.05, 0) is 95.3 Å². The number of allylic oxidation sites excluding steroid dienone is 1. The Morgan fingerprint density at radius 3 is 2.31 bits per heavy atom. The van der Waals surface area contributed by atoms with Crippen LogP contribution in [0, 0.1) is 28.6 Å². The first kappa shape index (κ1) is 26.6. The van der Waals surface area contributed by atoms with E-state index in [1.54, 1.807) is 26.8 Å². The van der Waals surface area contributed by atoms with E-state index in [0.717, 1.165) is 32.1 Å². The molecule has 4 aliphatic carbocycles. The quantitative estimate of drug-likeness (QED) is 0.405. The summed E-state index contributed by atoms with van der Waals surface area (Å²) in [5.41, 5.74) is -3.65. The van der Waals surface area contributed by atoms with Crippen molar-refractivity contribution in [3.63, 3.8) is 0 Å². The van der Waals surface area contributed by atoms with Crippen LogP contribution >= 0.6 is 0 Å². The molecule has 0 aromatic carbocycles. The zero-order valence-corrected chi connectivity index (χ0v) is 22.2. The second-order valence-corrected chi connectivity index (χ2v) is 12.3. The van der Waals surface area contributed by atoms with Crippen LogP contribution in [-0.2, 0) is 19.1 Å². The van der Waals surface area contributed by atoms with E-state index in [4.69, 9.17) is 9.47 Å². The molecule has 0 aromatic heterocycles. The van der Waals surface area contributed by atoms with Gasteiger partial charge in [-0.25, -0.2) is 4.79 Å². The van der Waals surface area contributed by atoms with Gasteiger partial charge in [0.25, 0.3) is 0 Å². The van der Waals surface area contributed by atoms with Gasteiger partial charge in [0.1, 0.15) is 17.8 Å². The van der Waals surface area contributed by atoms with Crippen LogP contribution in [0.25, 0.3) is 0 Å². The van der Waals surface area contributed by atoms with Gasteiger partial charge in [0, 0.05) is 12.5 Å². The zero-order chi connectivity index (χ0) is 26.0. The van der Waals surface area contributed by atoms with Gasteiger partial charge in [-0.15, -0.1) is 0 Å². The first-order chi connectivity index (χ1) is 16.2. The maximum Gasteiger partial charge on any atom is 0.333 e. The second-order valence-electron chi connectivity index (χ2n) is 12.3. The summed E-state index contributed by atoms with van der Waals surface area (Å²) in [6, 6.07) is 0. The van der Waals surface area contributed by atoms with Crippen LogP contribution in [0.3, 0.4) is 0 Å². The maximum absolute atomic E-state index is 12.6. The molecule has 7 heteroatoms. The van der Waals surface area contributed by atoms with E-state index in [2.05, 4.69) is 6.92 Å². The molecule has 4 fully saturated rings. The standard InChI is InChI=1S/C28H44O7/c1-7-16(2)24(31)34-17(3)27(32)12-13-28(33)21-9-8-19-14-20(30)10-11-25(19,5)22(21)15-23(26(27,28)6)35-18(4)29/h7,17,19-23,30,32-33H,8-15H2,1-6H3/b16-7+/t17-,19+,20+,21-,22+,23-,25+,26-,27-,28+/m1/s1. The number of rotatable bonds is 4. The molecule has 0 aromatic rings. The molecule has 4 aliphatic rings. The van der Waals surface area contributed by atoms with Crippen molar-refractivity contribution in [3.05, 3.63) is 11.6 Å². The fourth-order valence-electron chi connectivity index (χ4n) is 8.71. The normalized spacial score (nSPS) is 48.3. The molecule has 3 N–H and O–H groups in total. The first-order valence-electron chi connectivity index (χ1n) is 13.4. The van der Waals surface area contributed by atoms with Crippen molar-refractivity contribution in [3.8, 4) is 0 Å². The highest BCUT2D eigenvalue weighted by atomic mass is 16.6. The van der Waals surface area contributed by atoms with Crippen molar-refractivity contribution in [2.75, 3.05) is 0 Å². The number of carbonyl (C=O) groups is 2. The summed E-state index contributed by atoms with van der Waals surface area (Å²) in [6.45, 7) is 10.6. The highest BCUT2D eigenvalue weighted by Gasteiger charge is 2.77. The van der Waals surface area contributed by atoms with E-state index < -0.39 is 40.8 Å². The minimum absolute atomic E-state index is 0.0648. The van der Waals surface area contributed by atoms with Gasteiger partial charge >= 0.3 is 11.9 Å². The predicted octanol–water partition coefficient (Wildman–Crippen LogP) is 3.68. The smallest absolute Gasteiger partial charge is 0.333 e. The molecule has 4 rings (SSSR count). The van der Waals surface area contributed by atoms with Gasteiger partial charge in [0.15, 0.2) is 0 Å². The van der Waals surface area contributed by atoms with E-state index in [0.29, 0.717) is 24.3 Å². The van der Waals surface area contributed by atoms with Crippen LogP contribution < -0.4 is 0 Å². The van der Waals surface area contributed by atoms with Crippen molar-refractivity contribution in [1.82, 2.24) is 0 Å². The summed E-state index contributed by atoms with van der Waals surface area (Å²) < 4.78 is 11.6. The zero-order valence-electron chi connectivity index (χ0n) is 22.2. The van der Waals surface area contributed by atoms with Crippen LogP contribution in [0.15, 0.2) is 11.6 Å². The minimum Gasteiger partial charge on any atom is -0.462 e. The van der Waals surface area contributed by atoms with E-state index in [1.807, 2.05) is 6.92 Å². The van der Waals surface area contributed by atoms with Crippen LogP contribution in [0.5, 0.6) is 0 Å². The number of ether oxygens (including phenoxy) is 2. The molecule has 0 bridgehead atoms. The van der Waals surface area contributed by atoms with Crippen molar-refractivity contribution < 1.29 is 34.4 Å². The molecule has 0 aliphatic heterocycles. The van der Waals surface area contributed by atoms with Crippen molar-refractivity contribution in [1.29, 1.82) is 0 Å². The Hall–Kier alpha value is -1.44. The summed E-state index contributed by atoms with van der Waals surface area (Å²) in [7, 11) is 0. The molecule has 7 nitrogen and oxygen atoms in total. The monoisotopic (exact) mass is 492 g/mol. The number of esters is 2. The highest BCUT2D eigenvalue weighted by molar-refractivity contribution is 5.87. The Morgan fingerprint density at radius 2 is 1.69 bits per heavy atom. The first-order valence-corrected chi connectivity index (χ1v) is 13.4. The predicted molar refractivity (Wildman–Crippen MR) is 130 cm³/mol. The fraction of sp³-hybridized carbons (Fsp3) is 0.857. The van der Waals surface area contributed by atoms with Crippen LogP contribution in [0.2, 0.25) is 0 Å². The lowest BCUT2D eigenvalue weighted by Crippen LogP contribution is -2.72. The number of aliphatic hydroxyl groups is 3. The van der Waals surface area contributed by atoms with Crippen molar-refractivity contribution in [2.24, 2.45) is 28.6 Å². The number of fused-ring (bicyclic) bond motifs is 5. The molecule has 4 saturated carbocycles. The van der Waals surface area contributed by atoms with Crippen molar-refractivity contribution in [2.45, 2.75) is 122 Å². The molecular weight excluding hydrogens is 448 g/mol. The number of hydrogen-bond donors (Lipinski definition) is 3. The second kappa shape index (κ2) is 8.84. The molecule has 0 spiro atoms. The van der Waals surface area contributed by atoms with Crippen molar-refractivity contribution >= 4 is 11.9 Å². The lowest BCUT2D eigenvalue weighted by Gasteiger charge is -2.66. The Kier molecular flexibility index (Phi) is 6.73. The van der Waals surface area contributed by atoms with E-state index in [-0.39, 0.29) is 29.8 Å². The van der Waals surface area contributed by atoms with Gasteiger partial charge < -0.3 is 24.8 Å². The summed E-state index contributed by atoms with van der Waals surface area (Å²) in [4.78, 5) is 24.9. The lowest BCUT2D eigenvalue weighted by atomic mass is 9.42. The molecule has 35 heavy (non-hydrogen) atoms. The molecule has 10 atom stereocenters. The Balaban J connectivity index is 1.75. The number of carbonyl (C=O) groups excluding carboxylic acids is 2. The fourth-order valence-corrected chi connectivity index (χ4v) is 8.71. The topological polar surface area (TPSA) is 113 Å². The third-order valence-electron chi connectivity index (χ3n) is 11.1. The van der Waals surface area contributed by atoms with E-state index in [1.165, 1.54) is 6.92 Å². The largest absolute Gasteiger partial charge is 0.462 e. The maximum atomic E-state index is 12.6. The average Bonchev–Trinajstić information content (AvgIpc) is 3.02. The van der Waals surface area contributed by atoms with Gasteiger partial charge in [0.05, 0.1) is 17.1 Å². The van der Waals surface area contributed by atoms with Gasteiger partial charge in [0.2, 0.25) is 0 Å². The third kappa shape index (κ3) is 3.71. The minimum atomic E-state index is -1.56. The molecule has 0 heterocycles. The lowest BCUT2D eigenvalue weighted by molar-refractivity contribution is -0.290. The molecule has 198 valence electrons. The number of hydrogen-bond acceptors (Lipinski definition) is 7.